The molecule has 1 aromatic rings. The van der Waals surface area contributed by atoms with Crippen LogP contribution in [0.5, 0.6) is 0 Å². The van der Waals surface area contributed by atoms with E-state index in [0.29, 0.717) is 6.42 Å². The third-order valence-electron chi connectivity index (χ3n) is 2.64. The molecule has 2 N–H and O–H groups in total. The van der Waals surface area contributed by atoms with Gasteiger partial charge in [-0.25, -0.2) is 4.98 Å². The van der Waals surface area contributed by atoms with E-state index in [1.165, 1.54) is 12.1 Å². The second kappa shape index (κ2) is 6.21. The molecule has 0 aliphatic carbocycles. The fourth-order valence-electron chi connectivity index (χ4n) is 1.29. The quantitative estimate of drug-likeness (QED) is 0.820. The van der Waals surface area contributed by atoms with E-state index in [1.54, 1.807) is 13.8 Å². The van der Waals surface area contributed by atoms with Crippen LogP contribution >= 0.6 is 23.2 Å². The summed E-state index contributed by atoms with van der Waals surface area (Å²) in [6, 6.07) is 2.79. The van der Waals surface area contributed by atoms with Gasteiger partial charge in [0, 0.05) is 12.1 Å². The molecular formula is C12H14Cl2N2O3. The highest BCUT2D eigenvalue weighted by atomic mass is 35.5. The highest BCUT2D eigenvalue weighted by molar-refractivity contribution is 6.33. The molecule has 0 aliphatic heterocycles. The van der Waals surface area contributed by atoms with Crippen LogP contribution in [0.2, 0.25) is 10.3 Å². The third kappa shape index (κ3) is 4.69. The molecule has 0 radical (unpaired) electrons. The highest BCUT2D eigenvalue weighted by Gasteiger charge is 2.26. The lowest BCUT2D eigenvalue weighted by atomic mass is 9.90. The summed E-state index contributed by atoms with van der Waals surface area (Å²) in [6.45, 7) is 3.44. The number of carbonyl (C=O) groups excluding carboxylic acids is 1. The predicted octanol–water partition coefficient (Wildman–Crippen LogP) is 2.62. The minimum absolute atomic E-state index is 0.128. The van der Waals surface area contributed by atoms with Gasteiger partial charge in [0.05, 0.1) is 5.41 Å². The second-order valence-corrected chi connectivity index (χ2v) is 5.47. The van der Waals surface area contributed by atoms with Gasteiger partial charge in [0.1, 0.15) is 10.3 Å². The van der Waals surface area contributed by atoms with Crippen LogP contribution in [-0.4, -0.2) is 28.5 Å². The number of nitrogens with one attached hydrogen (secondary N) is 1. The van der Waals surface area contributed by atoms with Crippen molar-refractivity contribution in [3.63, 3.8) is 0 Å². The van der Waals surface area contributed by atoms with Gasteiger partial charge in [-0.2, -0.15) is 0 Å². The molecule has 7 heteroatoms. The van der Waals surface area contributed by atoms with Crippen LogP contribution in [0.4, 0.5) is 0 Å². The maximum absolute atomic E-state index is 11.8. The molecule has 0 saturated heterocycles. The van der Waals surface area contributed by atoms with Gasteiger partial charge in [-0.05, 0) is 32.4 Å². The molecule has 0 saturated carbocycles. The van der Waals surface area contributed by atoms with Crippen LogP contribution in [0.25, 0.3) is 0 Å². The van der Waals surface area contributed by atoms with Crippen molar-refractivity contribution in [1.82, 2.24) is 10.3 Å². The number of hydrogen-bond acceptors (Lipinski definition) is 3. The van der Waals surface area contributed by atoms with Gasteiger partial charge in [0.25, 0.3) is 5.91 Å². The van der Waals surface area contributed by atoms with Gasteiger partial charge in [-0.15, -0.1) is 0 Å². The van der Waals surface area contributed by atoms with Gasteiger partial charge < -0.3 is 10.4 Å². The van der Waals surface area contributed by atoms with Crippen molar-refractivity contribution in [3.05, 3.63) is 28.0 Å². The summed E-state index contributed by atoms with van der Waals surface area (Å²) in [6.07, 6.45) is 0.320. The maximum Gasteiger partial charge on any atom is 0.309 e. The summed E-state index contributed by atoms with van der Waals surface area (Å²) < 4.78 is 0. The average Bonchev–Trinajstić information content (AvgIpc) is 2.27. The first kappa shape index (κ1) is 15.7. The van der Waals surface area contributed by atoms with Crippen molar-refractivity contribution in [1.29, 1.82) is 0 Å². The van der Waals surface area contributed by atoms with Crippen LogP contribution in [-0.2, 0) is 4.79 Å². The van der Waals surface area contributed by atoms with E-state index in [1.807, 2.05) is 0 Å². The zero-order chi connectivity index (χ0) is 14.6. The number of carbonyl (C=O) groups is 2. The van der Waals surface area contributed by atoms with Crippen molar-refractivity contribution in [2.45, 2.75) is 20.3 Å². The van der Waals surface area contributed by atoms with Crippen molar-refractivity contribution in [2.75, 3.05) is 6.54 Å². The molecule has 1 aromatic heterocycles. The largest absolute Gasteiger partial charge is 0.481 e. The summed E-state index contributed by atoms with van der Waals surface area (Å²) in [7, 11) is 0. The molecule has 104 valence electrons. The monoisotopic (exact) mass is 304 g/mol. The Kier molecular flexibility index (Phi) is 5.14. The minimum atomic E-state index is -0.906. The number of aromatic nitrogens is 1. The van der Waals surface area contributed by atoms with Gasteiger partial charge in [-0.3, -0.25) is 9.59 Å². The molecule has 0 bridgehead atoms. The molecule has 0 aromatic carbocycles. The number of amides is 1. The second-order valence-electron chi connectivity index (χ2n) is 4.70. The summed E-state index contributed by atoms with van der Waals surface area (Å²) in [5.74, 6) is -1.27. The number of carboxylic acid groups (broad SMARTS) is 1. The summed E-state index contributed by atoms with van der Waals surface area (Å²) in [5.41, 5.74) is -0.598. The molecule has 0 fully saturated rings. The number of pyridine rings is 1. The number of rotatable bonds is 5. The fourth-order valence-corrected chi connectivity index (χ4v) is 1.75. The van der Waals surface area contributed by atoms with Crippen LogP contribution in [0.1, 0.15) is 30.6 Å². The van der Waals surface area contributed by atoms with E-state index in [9.17, 15) is 9.59 Å². The minimum Gasteiger partial charge on any atom is -0.481 e. The van der Waals surface area contributed by atoms with Gasteiger partial charge >= 0.3 is 5.97 Å². The highest BCUT2D eigenvalue weighted by Crippen LogP contribution is 2.19. The zero-order valence-corrected chi connectivity index (χ0v) is 12.0. The Morgan fingerprint density at radius 3 is 2.32 bits per heavy atom. The fraction of sp³-hybridized carbons (Fsp3) is 0.417. The molecule has 5 nitrogen and oxygen atoms in total. The molecule has 1 rings (SSSR count). The molecule has 1 heterocycles. The lowest BCUT2D eigenvalue weighted by Gasteiger charge is -2.18. The third-order valence-corrected chi connectivity index (χ3v) is 3.03. The number of hydrogen-bond donors (Lipinski definition) is 2. The first-order valence-corrected chi connectivity index (χ1v) is 6.32. The van der Waals surface area contributed by atoms with E-state index >= 15 is 0 Å². The van der Waals surface area contributed by atoms with Crippen molar-refractivity contribution >= 4 is 35.1 Å². The topological polar surface area (TPSA) is 79.3 Å². The van der Waals surface area contributed by atoms with Crippen molar-refractivity contribution < 1.29 is 14.7 Å². The van der Waals surface area contributed by atoms with E-state index in [2.05, 4.69) is 10.3 Å². The van der Waals surface area contributed by atoms with Gasteiger partial charge in [0.2, 0.25) is 0 Å². The Bertz CT molecular complexity index is 483. The standard InChI is InChI=1S/C12H14Cl2N2O3/c1-12(2,11(18)19)3-4-15-10(17)7-5-8(13)16-9(14)6-7/h5-6H,3-4H2,1-2H3,(H,15,17)(H,18,19). The Hall–Kier alpha value is -1.33. The van der Waals surface area contributed by atoms with Gasteiger partial charge in [0.15, 0.2) is 0 Å². The van der Waals surface area contributed by atoms with E-state index < -0.39 is 11.4 Å². The smallest absolute Gasteiger partial charge is 0.309 e. The molecule has 0 atom stereocenters. The molecule has 0 unspecified atom stereocenters. The predicted molar refractivity (Wildman–Crippen MR) is 72.6 cm³/mol. The summed E-state index contributed by atoms with van der Waals surface area (Å²) in [5, 5.41) is 11.8. The first-order valence-electron chi connectivity index (χ1n) is 5.57. The Balaban J connectivity index is 2.59. The van der Waals surface area contributed by atoms with E-state index in [4.69, 9.17) is 28.3 Å². The first-order chi connectivity index (χ1) is 8.72. The van der Waals surface area contributed by atoms with Crippen LogP contribution < -0.4 is 5.32 Å². The number of aliphatic carboxylic acids is 1. The van der Waals surface area contributed by atoms with Crippen LogP contribution in [0.3, 0.4) is 0 Å². The number of carboxylic acids is 1. The van der Waals surface area contributed by atoms with E-state index in [-0.39, 0.29) is 28.3 Å². The summed E-state index contributed by atoms with van der Waals surface area (Å²) >= 11 is 11.4. The Morgan fingerprint density at radius 2 is 1.84 bits per heavy atom. The lowest BCUT2D eigenvalue weighted by Crippen LogP contribution is -2.32. The van der Waals surface area contributed by atoms with Crippen LogP contribution in [0.15, 0.2) is 12.1 Å². The summed E-state index contributed by atoms with van der Waals surface area (Å²) in [4.78, 5) is 26.4. The Morgan fingerprint density at radius 1 is 1.32 bits per heavy atom. The molecule has 1 amide bonds. The SMILES string of the molecule is CC(C)(CCNC(=O)c1cc(Cl)nc(Cl)c1)C(=O)O. The van der Waals surface area contributed by atoms with E-state index in [0.717, 1.165) is 0 Å². The Labute approximate surface area is 120 Å². The zero-order valence-electron chi connectivity index (χ0n) is 10.5. The normalized spacial score (nSPS) is 11.2. The lowest BCUT2D eigenvalue weighted by molar-refractivity contribution is -0.147. The van der Waals surface area contributed by atoms with Crippen molar-refractivity contribution in [2.24, 2.45) is 5.41 Å². The van der Waals surface area contributed by atoms with Crippen molar-refractivity contribution in [3.8, 4) is 0 Å². The molecule has 0 aliphatic rings. The van der Waals surface area contributed by atoms with Crippen LogP contribution in [0, 0.1) is 5.41 Å². The number of halogens is 2. The molecule has 19 heavy (non-hydrogen) atoms. The molecular weight excluding hydrogens is 291 g/mol. The maximum atomic E-state index is 11.8. The number of nitrogens with zero attached hydrogens (tertiary/aromatic N) is 1. The van der Waals surface area contributed by atoms with Gasteiger partial charge in [-0.1, -0.05) is 23.2 Å². The average molecular weight is 305 g/mol. The molecule has 0 spiro atoms.